The van der Waals surface area contributed by atoms with Crippen molar-refractivity contribution >= 4 is 23.6 Å². The van der Waals surface area contributed by atoms with Crippen LogP contribution in [0.1, 0.15) is 47.2 Å². The number of nitrogens with zero attached hydrogens (tertiary/aromatic N) is 3. The molecule has 0 aliphatic heterocycles. The van der Waals surface area contributed by atoms with Crippen molar-refractivity contribution in [1.82, 2.24) is 25.4 Å². The molecule has 0 spiro atoms. The van der Waals surface area contributed by atoms with Gasteiger partial charge in [-0.2, -0.15) is 0 Å². The van der Waals surface area contributed by atoms with E-state index >= 15 is 0 Å². The van der Waals surface area contributed by atoms with E-state index in [1.165, 1.54) is 11.8 Å². The van der Waals surface area contributed by atoms with Crippen LogP contribution in [0.4, 0.5) is 0 Å². The summed E-state index contributed by atoms with van der Waals surface area (Å²) in [6, 6.07) is 16.9. The summed E-state index contributed by atoms with van der Waals surface area (Å²) < 4.78 is 1.91. The van der Waals surface area contributed by atoms with Gasteiger partial charge in [0.05, 0.1) is 11.8 Å². The molecule has 0 bridgehead atoms. The van der Waals surface area contributed by atoms with Crippen LogP contribution in [0.5, 0.6) is 0 Å². The molecule has 1 aromatic heterocycles. The summed E-state index contributed by atoms with van der Waals surface area (Å²) in [7, 11) is 0. The zero-order chi connectivity index (χ0) is 24.5. The van der Waals surface area contributed by atoms with Crippen molar-refractivity contribution in [2.75, 3.05) is 5.75 Å². The van der Waals surface area contributed by atoms with Crippen LogP contribution in [0.2, 0.25) is 0 Å². The van der Waals surface area contributed by atoms with E-state index in [1.807, 2.05) is 73.9 Å². The van der Waals surface area contributed by atoms with Crippen molar-refractivity contribution in [2.45, 2.75) is 45.1 Å². The van der Waals surface area contributed by atoms with E-state index in [1.54, 1.807) is 12.1 Å². The summed E-state index contributed by atoms with van der Waals surface area (Å²) in [4.78, 5) is 25.3. The van der Waals surface area contributed by atoms with E-state index in [4.69, 9.17) is 0 Å². The topological polar surface area (TPSA) is 88.9 Å². The lowest BCUT2D eigenvalue weighted by Gasteiger charge is -2.22. The normalized spacial score (nSPS) is 11.8. The largest absolute Gasteiger partial charge is 0.351 e. The first-order valence-electron chi connectivity index (χ1n) is 11.2. The second-order valence-corrected chi connectivity index (χ2v) is 9.30. The highest BCUT2D eigenvalue weighted by Crippen LogP contribution is 2.25. The number of carbonyl (C=O) groups is 2. The van der Waals surface area contributed by atoms with Gasteiger partial charge in [0.25, 0.3) is 5.91 Å². The molecule has 178 valence electrons. The zero-order valence-corrected chi connectivity index (χ0v) is 20.6. The molecule has 0 aliphatic carbocycles. The molecular formula is C26H31N5O2S. The van der Waals surface area contributed by atoms with Crippen molar-refractivity contribution in [3.63, 3.8) is 0 Å². The first-order chi connectivity index (χ1) is 16.4. The Labute approximate surface area is 205 Å². The fraction of sp³-hybridized carbons (Fsp3) is 0.308. The Morgan fingerprint density at radius 1 is 1.12 bits per heavy atom. The van der Waals surface area contributed by atoms with Crippen molar-refractivity contribution in [3.8, 4) is 0 Å². The second-order valence-electron chi connectivity index (χ2n) is 8.36. The van der Waals surface area contributed by atoms with Crippen LogP contribution in [0, 0.1) is 12.8 Å². The minimum absolute atomic E-state index is 0.0774. The van der Waals surface area contributed by atoms with Gasteiger partial charge in [-0.1, -0.05) is 79.7 Å². The predicted molar refractivity (Wildman–Crippen MR) is 135 cm³/mol. The number of thioether (sulfide) groups is 1. The van der Waals surface area contributed by atoms with E-state index in [0.29, 0.717) is 29.6 Å². The van der Waals surface area contributed by atoms with Crippen LogP contribution in [-0.4, -0.2) is 32.3 Å². The van der Waals surface area contributed by atoms with Crippen molar-refractivity contribution in [2.24, 2.45) is 5.92 Å². The molecule has 2 N–H and O–H groups in total. The molecule has 34 heavy (non-hydrogen) atoms. The van der Waals surface area contributed by atoms with Crippen LogP contribution in [0.25, 0.3) is 0 Å². The van der Waals surface area contributed by atoms with Gasteiger partial charge in [0, 0.05) is 18.7 Å². The van der Waals surface area contributed by atoms with Crippen molar-refractivity contribution in [1.29, 1.82) is 0 Å². The summed E-state index contributed by atoms with van der Waals surface area (Å²) in [6.07, 6.45) is 1.76. The molecule has 1 atom stereocenters. The smallest absolute Gasteiger partial charge is 0.251 e. The summed E-state index contributed by atoms with van der Waals surface area (Å²) in [6.45, 7) is 10.8. The highest BCUT2D eigenvalue weighted by molar-refractivity contribution is 7.99. The maximum absolute atomic E-state index is 12.9. The third kappa shape index (κ3) is 6.81. The molecule has 7 nitrogen and oxygen atoms in total. The van der Waals surface area contributed by atoms with Gasteiger partial charge in [0.2, 0.25) is 5.91 Å². The lowest BCUT2D eigenvalue weighted by atomic mass is 10.0. The molecule has 0 radical (unpaired) electrons. The fourth-order valence-electron chi connectivity index (χ4n) is 3.46. The number of carbonyl (C=O) groups excluding carboxylic acids is 2. The highest BCUT2D eigenvalue weighted by Gasteiger charge is 2.26. The van der Waals surface area contributed by atoms with Crippen molar-refractivity contribution in [3.05, 3.63) is 89.8 Å². The molecule has 0 fully saturated rings. The number of aryl methyl sites for hydroxylation is 1. The zero-order valence-electron chi connectivity index (χ0n) is 19.8. The van der Waals surface area contributed by atoms with E-state index < -0.39 is 0 Å². The Bertz CT molecular complexity index is 1130. The van der Waals surface area contributed by atoms with Crippen molar-refractivity contribution < 1.29 is 9.59 Å². The average molecular weight is 478 g/mol. The van der Waals surface area contributed by atoms with Crippen LogP contribution in [0.3, 0.4) is 0 Å². The minimum atomic E-state index is -0.346. The third-order valence-electron chi connectivity index (χ3n) is 5.23. The lowest BCUT2D eigenvalue weighted by molar-refractivity contribution is -0.118. The molecule has 8 heteroatoms. The van der Waals surface area contributed by atoms with E-state index in [9.17, 15) is 9.59 Å². The van der Waals surface area contributed by atoms with E-state index in [2.05, 4.69) is 27.4 Å². The number of rotatable bonds is 11. The van der Waals surface area contributed by atoms with Gasteiger partial charge in [-0.05, 0) is 30.5 Å². The fourth-order valence-corrected chi connectivity index (χ4v) is 4.24. The number of hydrogen-bond donors (Lipinski definition) is 2. The number of aromatic nitrogens is 3. The minimum Gasteiger partial charge on any atom is -0.351 e. The van der Waals surface area contributed by atoms with Gasteiger partial charge in [-0.25, -0.2) is 0 Å². The van der Waals surface area contributed by atoms with Gasteiger partial charge in [0.1, 0.15) is 0 Å². The number of hydrogen-bond acceptors (Lipinski definition) is 5. The van der Waals surface area contributed by atoms with Gasteiger partial charge in [0.15, 0.2) is 11.0 Å². The van der Waals surface area contributed by atoms with Crippen LogP contribution in [-0.2, 0) is 17.9 Å². The first kappa shape index (κ1) is 25.2. The molecule has 0 unspecified atom stereocenters. The van der Waals surface area contributed by atoms with Crippen LogP contribution >= 0.6 is 11.8 Å². The molecule has 0 saturated heterocycles. The predicted octanol–water partition coefficient (Wildman–Crippen LogP) is 4.31. The molecule has 2 aromatic carbocycles. The summed E-state index contributed by atoms with van der Waals surface area (Å²) >= 11 is 1.31. The van der Waals surface area contributed by atoms with Gasteiger partial charge in [-0.15, -0.1) is 16.8 Å². The van der Waals surface area contributed by atoms with Gasteiger partial charge < -0.3 is 15.2 Å². The monoisotopic (exact) mass is 477 g/mol. The molecule has 3 rings (SSSR count). The Morgan fingerprint density at radius 3 is 2.56 bits per heavy atom. The lowest BCUT2D eigenvalue weighted by Crippen LogP contribution is -2.34. The molecule has 3 aromatic rings. The Morgan fingerprint density at radius 2 is 1.88 bits per heavy atom. The van der Waals surface area contributed by atoms with E-state index in [-0.39, 0.29) is 29.5 Å². The molecular weight excluding hydrogens is 446 g/mol. The van der Waals surface area contributed by atoms with Crippen LogP contribution in [0.15, 0.2) is 72.4 Å². The second kappa shape index (κ2) is 12.2. The quantitative estimate of drug-likeness (QED) is 0.317. The summed E-state index contributed by atoms with van der Waals surface area (Å²) in [5.74, 6) is 0.683. The maximum atomic E-state index is 12.9. The maximum Gasteiger partial charge on any atom is 0.251 e. The number of allylic oxidation sites excluding steroid dienone is 1. The molecule has 0 saturated carbocycles. The first-order valence-corrected chi connectivity index (χ1v) is 12.2. The Balaban J connectivity index is 1.70. The summed E-state index contributed by atoms with van der Waals surface area (Å²) in [5, 5.41) is 15.4. The third-order valence-corrected chi connectivity index (χ3v) is 6.20. The van der Waals surface area contributed by atoms with Gasteiger partial charge in [-0.3, -0.25) is 9.59 Å². The molecule has 2 amide bonds. The number of nitrogens with one attached hydrogen (secondary N) is 2. The standard InChI is InChI=1S/C26H31N5O2S/c1-5-14-31-24(23(18(2)3)28-25(33)21-13-9-10-19(4)15-21)29-30-26(31)34-17-22(32)27-16-20-11-7-6-8-12-20/h5-13,15,18,23H,1,14,16-17H2,2-4H3,(H,27,32)(H,28,33)/t23-/m0/s1. The van der Waals surface area contributed by atoms with E-state index in [0.717, 1.165) is 11.1 Å². The van der Waals surface area contributed by atoms with Crippen LogP contribution < -0.4 is 10.6 Å². The molecule has 0 aliphatic rings. The SMILES string of the molecule is C=CCn1c(SCC(=O)NCc2ccccc2)nnc1[C@@H](NC(=O)c1cccc(C)c1)C(C)C. The number of amides is 2. The average Bonchev–Trinajstić information content (AvgIpc) is 3.22. The van der Waals surface area contributed by atoms with Gasteiger partial charge >= 0.3 is 0 Å². The molecule has 1 heterocycles. The Hall–Kier alpha value is -3.39. The highest BCUT2D eigenvalue weighted by atomic mass is 32.2. The Kier molecular flexibility index (Phi) is 9.04. The number of benzene rings is 2. The summed E-state index contributed by atoms with van der Waals surface area (Å²) in [5.41, 5.74) is 2.67.